The van der Waals surface area contributed by atoms with Crippen LogP contribution in [0.25, 0.3) is 0 Å². The Morgan fingerprint density at radius 2 is 1.80 bits per heavy atom. The average molecular weight is 208 g/mol. The summed E-state index contributed by atoms with van der Waals surface area (Å²) in [6, 6.07) is 0. The molecule has 2 rings (SSSR count). The fourth-order valence-corrected chi connectivity index (χ4v) is 3.40. The lowest BCUT2D eigenvalue weighted by Gasteiger charge is -2.42. The Morgan fingerprint density at radius 3 is 2.27 bits per heavy atom. The molecule has 0 aromatic rings. The molecule has 1 fully saturated rings. The third-order valence-electron chi connectivity index (χ3n) is 4.77. The SMILES string of the molecule is CC1=C(C)C2(CCCCC2C)OC1(C)C. The molecule has 0 amide bonds. The molecule has 2 aliphatic rings. The quantitative estimate of drug-likeness (QED) is 0.545. The highest BCUT2D eigenvalue weighted by molar-refractivity contribution is 5.34. The second kappa shape index (κ2) is 3.35. The minimum atomic E-state index is -0.0459. The first-order chi connectivity index (χ1) is 6.90. The van der Waals surface area contributed by atoms with Gasteiger partial charge < -0.3 is 4.74 Å². The maximum absolute atomic E-state index is 6.44. The Balaban J connectivity index is 2.39. The molecule has 1 aliphatic carbocycles. The molecule has 0 N–H and O–H groups in total. The van der Waals surface area contributed by atoms with Crippen LogP contribution >= 0.6 is 0 Å². The van der Waals surface area contributed by atoms with Gasteiger partial charge in [-0.15, -0.1) is 0 Å². The molecule has 0 aromatic carbocycles. The molecule has 1 spiro atoms. The molecule has 0 saturated heterocycles. The van der Waals surface area contributed by atoms with Gasteiger partial charge >= 0.3 is 0 Å². The third-order valence-corrected chi connectivity index (χ3v) is 4.77. The van der Waals surface area contributed by atoms with Gasteiger partial charge in [0.2, 0.25) is 0 Å². The van der Waals surface area contributed by atoms with Gasteiger partial charge in [0.25, 0.3) is 0 Å². The molecule has 2 unspecified atom stereocenters. The van der Waals surface area contributed by atoms with Crippen LogP contribution in [0, 0.1) is 5.92 Å². The summed E-state index contributed by atoms with van der Waals surface area (Å²) in [7, 11) is 0. The van der Waals surface area contributed by atoms with Gasteiger partial charge in [0, 0.05) is 0 Å². The maximum atomic E-state index is 6.44. The number of hydrogen-bond donors (Lipinski definition) is 0. The van der Waals surface area contributed by atoms with Crippen molar-refractivity contribution in [3.05, 3.63) is 11.1 Å². The second-order valence-electron chi connectivity index (χ2n) is 5.90. The van der Waals surface area contributed by atoms with Crippen molar-refractivity contribution in [2.75, 3.05) is 0 Å². The van der Waals surface area contributed by atoms with Crippen LogP contribution in [0.2, 0.25) is 0 Å². The highest BCUT2D eigenvalue weighted by atomic mass is 16.5. The molecule has 2 atom stereocenters. The smallest absolute Gasteiger partial charge is 0.0929 e. The second-order valence-corrected chi connectivity index (χ2v) is 5.90. The van der Waals surface area contributed by atoms with Crippen molar-refractivity contribution in [2.24, 2.45) is 5.92 Å². The predicted octanol–water partition coefficient (Wildman–Crippen LogP) is 4.08. The van der Waals surface area contributed by atoms with Gasteiger partial charge in [0.05, 0.1) is 11.2 Å². The molecular formula is C14H24O. The summed E-state index contributed by atoms with van der Waals surface area (Å²) in [6.45, 7) is 11.3. The van der Waals surface area contributed by atoms with Gasteiger partial charge in [-0.1, -0.05) is 19.8 Å². The highest BCUT2D eigenvalue weighted by Gasteiger charge is 2.50. The standard InChI is InChI=1S/C14H24O/c1-10-8-6-7-9-14(10)12(3)11(2)13(4,5)15-14/h10H,6-9H2,1-5H3. The lowest BCUT2D eigenvalue weighted by atomic mass is 9.72. The van der Waals surface area contributed by atoms with E-state index in [9.17, 15) is 0 Å². The molecule has 0 radical (unpaired) electrons. The summed E-state index contributed by atoms with van der Waals surface area (Å²) in [5.41, 5.74) is 3.00. The number of hydrogen-bond acceptors (Lipinski definition) is 1. The van der Waals surface area contributed by atoms with E-state index in [4.69, 9.17) is 4.74 Å². The van der Waals surface area contributed by atoms with Gasteiger partial charge in [-0.2, -0.15) is 0 Å². The van der Waals surface area contributed by atoms with Crippen molar-refractivity contribution in [3.63, 3.8) is 0 Å². The topological polar surface area (TPSA) is 9.23 Å². The summed E-state index contributed by atoms with van der Waals surface area (Å²) >= 11 is 0. The molecule has 1 heterocycles. The average Bonchev–Trinajstić information content (AvgIpc) is 2.34. The number of ether oxygens (including phenoxy) is 1. The molecule has 15 heavy (non-hydrogen) atoms. The van der Waals surface area contributed by atoms with Crippen LogP contribution in [-0.4, -0.2) is 11.2 Å². The number of rotatable bonds is 0. The monoisotopic (exact) mass is 208 g/mol. The Morgan fingerprint density at radius 1 is 1.13 bits per heavy atom. The van der Waals surface area contributed by atoms with E-state index < -0.39 is 0 Å². The van der Waals surface area contributed by atoms with Crippen LogP contribution in [0.5, 0.6) is 0 Å². The van der Waals surface area contributed by atoms with Crippen LogP contribution in [0.15, 0.2) is 11.1 Å². The van der Waals surface area contributed by atoms with Crippen molar-refractivity contribution in [2.45, 2.75) is 71.5 Å². The zero-order valence-electron chi connectivity index (χ0n) is 10.8. The van der Waals surface area contributed by atoms with Crippen molar-refractivity contribution >= 4 is 0 Å². The van der Waals surface area contributed by atoms with Gasteiger partial charge in [0.1, 0.15) is 0 Å². The van der Waals surface area contributed by atoms with Crippen molar-refractivity contribution in [3.8, 4) is 0 Å². The molecule has 0 bridgehead atoms. The summed E-state index contributed by atoms with van der Waals surface area (Å²) in [4.78, 5) is 0. The van der Waals surface area contributed by atoms with Gasteiger partial charge in [-0.25, -0.2) is 0 Å². The van der Waals surface area contributed by atoms with Crippen LogP contribution in [0.4, 0.5) is 0 Å². The molecular weight excluding hydrogens is 184 g/mol. The Bertz CT molecular complexity index is 300. The molecule has 86 valence electrons. The lowest BCUT2D eigenvalue weighted by Crippen LogP contribution is -2.43. The van der Waals surface area contributed by atoms with Crippen LogP contribution in [0.1, 0.15) is 60.3 Å². The predicted molar refractivity (Wildman–Crippen MR) is 63.9 cm³/mol. The van der Waals surface area contributed by atoms with E-state index in [1.807, 2.05) is 0 Å². The highest BCUT2D eigenvalue weighted by Crippen LogP contribution is 2.51. The molecule has 1 saturated carbocycles. The Labute approximate surface area is 93.9 Å². The maximum Gasteiger partial charge on any atom is 0.0929 e. The van der Waals surface area contributed by atoms with E-state index >= 15 is 0 Å². The zero-order valence-corrected chi connectivity index (χ0v) is 10.8. The van der Waals surface area contributed by atoms with Crippen molar-refractivity contribution < 1.29 is 4.74 Å². The fraction of sp³-hybridized carbons (Fsp3) is 0.857. The first-order valence-corrected chi connectivity index (χ1v) is 6.29. The zero-order chi connectivity index (χ0) is 11.3. The first kappa shape index (κ1) is 11.2. The molecule has 1 aliphatic heterocycles. The van der Waals surface area contributed by atoms with Gasteiger partial charge in [-0.3, -0.25) is 0 Å². The molecule has 0 aromatic heterocycles. The third kappa shape index (κ3) is 1.47. The van der Waals surface area contributed by atoms with Gasteiger partial charge in [-0.05, 0) is 57.6 Å². The lowest BCUT2D eigenvalue weighted by molar-refractivity contribution is -0.120. The van der Waals surface area contributed by atoms with E-state index in [0.717, 1.165) is 0 Å². The van der Waals surface area contributed by atoms with Crippen LogP contribution < -0.4 is 0 Å². The van der Waals surface area contributed by atoms with Gasteiger partial charge in [0.15, 0.2) is 0 Å². The normalized spacial score (nSPS) is 40.2. The Kier molecular flexibility index (Phi) is 2.50. The van der Waals surface area contributed by atoms with E-state index in [1.165, 1.54) is 36.8 Å². The summed E-state index contributed by atoms with van der Waals surface area (Å²) < 4.78 is 6.44. The molecule has 1 heteroatoms. The van der Waals surface area contributed by atoms with Crippen LogP contribution in [-0.2, 0) is 4.74 Å². The van der Waals surface area contributed by atoms with E-state index in [2.05, 4.69) is 34.6 Å². The summed E-state index contributed by atoms with van der Waals surface area (Å²) in [6.07, 6.45) is 5.24. The minimum absolute atomic E-state index is 0.0459. The van der Waals surface area contributed by atoms with Crippen LogP contribution in [0.3, 0.4) is 0 Å². The van der Waals surface area contributed by atoms with E-state index in [-0.39, 0.29) is 11.2 Å². The summed E-state index contributed by atoms with van der Waals surface area (Å²) in [5.74, 6) is 0.683. The molecule has 1 nitrogen and oxygen atoms in total. The van der Waals surface area contributed by atoms with E-state index in [0.29, 0.717) is 5.92 Å². The first-order valence-electron chi connectivity index (χ1n) is 6.29. The largest absolute Gasteiger partial charge is 0.360 e. The van der Waals surface area contributed by atoms with Crippen molar-refractivity contribution in [1.82, 2.24) is 0 Å². The minimum Gasteiger partial charge on any atom is -0.360 e. The Hall–Kier alpha value is -0.300. The van der Waals surface area contributed by atoms with E-state index in [1.54, 1.807) is 0 Å². The van der Waals surface area contributed by atoms with Crippen molar-refractivity contribution in [1.29, 1.82) is 0 Å². The summed E-state index contributed by atoms with van der Waals surface area (Å²) in [5, 5.41) is 0. The fourth-order valence-electron chi connectivity index (χ4n) is 3.40.